The quantitative estimate of drug-likeness (QED) is 0.0564. The average molecular weight is 1510 g/mol. The van der Waals surface area contributed by atoms with Gasteiger partial charge in [0, 0.05) is 165 Å². The number of fused-ring (bicyclic) bond motifs is 6. The Labute approximate surface area is 642 Å². The van der Waals surface area contributed by atoms with E-state index in [-0.39, 0.29) is 52.9 Å². The number of methoxy groups -OCH3 is 3. The van der Waals surface area contributed by atoms with Crippen molar-refractivity contribution in [2.45, 2.75) is 103 Å². The van der Waals surface area contributed by atoms with Gasteiger partial charge in [-0.15, -0.1) is 0 Å². The second-order valence-corrected chi connectivity index (χ2v) is 34.8. The summed E-state index contributed by atoms with van der Waals surface area (Å²) < 4.78 is 85.6. The fourth-order valence-electron chi connectivity index (χ4n) is 16.3. The molecule has 0 radical (unpaired) electrons. The number of amides is 1. The van der Waals surface area contributed by atoms with Gasteiger partial charge in [-0.1, -0.05) is 65.8 Å². The van der Waals surface area contributed by atoms with Crippen LogP contribution in [-0.2, 0) is 59.4 Å². The van der Waals surface area contributed by atoms with Crippen molar-refractivity contribution in [2.75, 3.05) is 67.6 Å². The molecule has 111 heavy (non-hydrogen) atoms. The normalized spacial score (nSPS) is 15.1. The molecule has 22 heteroatoms. The molecule has 5 aromatic heterocycles. The van der Waals surface area contributed by atoms with Gasteiger partial charge in [0.2, 0.25) is 11.8 Å². The molecule has 7 aromatic carbocycles. The molecule has 0 spiro atoms. The Morgan fingerprint density at radius 1 is 0.604 bits per heavy atom. The Morgan fingerprint density at radius 2 is 1.05 bits per heavy atom. The molecule has 18 nitrogen and oxygen atoms in total. The van der Waals surface area contributed by atoms with E-state index < -0.39 is 18.0 Å². The molecule has 5 aliphatic rings. The predicted molar refractivity (Wildman–Crippen MR) is 432 cm³/mol. The van der Waals surface area contributed by atoms with Crippen LogP contribution in [0.25, 0.3) is 83.2 Å². The maximum Gasteiger partial charge on any atom is 0.221 e. The molecule has 2 saturated heterocycles. The number of aromatic nitrogens is 6. The molecular formula is C89H87F3N11O7P. The Bertz CT molecular complexity index is 5850. The van der Waals surface area contributed by atoms with Gasteiger partial charge in [-0.2, -0.15) is 10.4 Å². The van der Waals surface area contributed by atoms with Crippen molar-refractivity contribution in [3.8, 4) is 62.4 Å². The van der Waals surface area contributed by atoms with Crippen LogP contribution in [0.2, 0.25) is 0 Å². The van der Waals surface area contributed by atoms with E-state index in [2.05, 4.69) is 120 Å². The predicted octanol–water partition coefficient (Wildman–Crippen LogP) is 17.3. The first-order valence-electron chi connectivity index (χ1n) is 37.2. The minimum absolute atomic E-state index is 0.00813. The molecule has 2 fully saturated rings. The fraction of sp³-hybridized carbons (Fsp3) is 0.303. The lowest BCUT2D eigenvalue weighted by Crippen LogP contribution is -2.30. The second kappa shape index (κ2) is 29.9. The molecular weight excluding hydrogens is 1420 g/mol. The molecule has 17 rings (SSSR count). The van der Waals surface area contributed by atoms with Gasteiger partial charge in [-0.25, -0.2) is 18.2 Å². The topological polar surface area (TPSA) is 207 Å². The van der Waals surface area contributed by atoms with Crippen LogP contribution in [-0.4, -0.2) is 126 Å². The number of nitriles is 1. The third-order valence-electron chi connectivity index (χ3n) is 21.6. The highest BCUT2D eigenvalue weighted by Gasteiger charge is 2.38. The number of hydrogen-bond acceptors (Lipinski definition) is 13. The van der Waals surface area contributed by atoms with Crippen LogP contribution in [0.3, 0.4) is 0 Å². The Morgan fingerprint density at radius 3 is 1.46 bits per heavy atom. The number of hydrogen-bond donors (Lipinski definition) is 1. The molecule has 0 bridgehead atoms. The molecule has 12 aromatic rings. The lowest BCUT2D eigenvalue weighted by Gasteiger charge is -2.28. The summed E-state index contributed by atoms with van der Waals surface area (Å²) in [6, 6.07) is 46.8. The van der Waals surface area contributed by atoms with Crippen LogP contribution in [0, 0.1) is 34.7 Å². The van der Waals surface area contributed by atoms with E-state index >= 15 is 0 Å². The van der Waals surface area contributed by atoms with E-state index in [1.54, 1.807) is 65.0 Å². The van der Waals surface area contributed by atoms with Crippen LogP contribution >= 0.6 is 7.14 Å². The monoisotopic (exact) mass is 1510 g/mol. The second-order valence-electron chi connectivity index (χ2n) is 31.6. The van der Waals surface area contributed by atoms with E-state index in [0.29, 0.717) is 82.3 Å². The summed E-state index contributed by atoms with van der Waals surface area (Å²) in [5, 5.41) is 20.4. The van der Waals surface area contributed by atoms with E-state index in [1.807, 2.05) is 85.8 Å². The SMILES string of the molecule is COCC(C)(C)c1c(-c2ccc(C(=O)CC3CNC(=O)C3)cc2)c2cc3c(cc2n1-c1ccc(F)cc1)C=NC3.COCC(C)(C)c1c(-c2cnn(C3COC3)c2)c2cc3c(cc2n1-c1ccc(F)cc1)C=NC3.COc1nc(P(C)(C)=O)ccc1-c1c(C(C)(C)CC#N)n(-c2ccc(F)cc2)c2cc3c(cc12)CN=C3. The minimum atomic E-state index is -2.62. The number of benzene rings is 7. The lowest BCUT2D eigenvalue weighted by atomic mass is 9.82. The van der Waals surface area contributed by atoms with Crippen LogP contribution < -0.4 is 15.5 Å². The van der Waals surface area contributed by atoms with Gasteiger partial charge in [0.1, 0.15) is 30.0 Å². The van der Waals surface area contributed by atoms with E-state index in [4.69, 9.17) is 18.9 Å². The highest BCUT2D eigenvalue weighted by molar-refractivity contribution is 7.69. The number of carbonyl (C=O) groups excluding carboxylic acids is 2. The van der Waals surface area contributed by atoms with Crippen molar-refractivity contribution in [3.05, 3.63) is 231 Å². The summed E-state index contributed by atoms with van der Waals surface area (Å²) in [4.78, 5) is 42.7. The van der Waals surface area contributed by atoms with Gasteiger partial charge in [0.05, 0.1) is 88.0 Å². The number of rotatable bonds is 20. The van der Waals surface area contributed by atoms with E-state index in [9.17, 15) is 32.6 Å². The zero-order chi connectivity index (χ0) is 78.0. The number of ketones is 1. The van der Waals surface area contributed by atoms with Crippen LogP contribution in [0.15, 0.2) is 173 Å². The zero-order valence-electron chi connectivity index (χ0n) is 64.1. The molecule has 10 heterocycles. The summed E-state index contributed by atoms with van der Waals surface area (Å²) in [7, 11) is 2.36. The van der Waals surface area contributed by atoms with Gasteiger partial charge in [-0.3, -0.25) is 29.2 Å². The standard InChI is InChI=1S/C33H32FN3O3.C29H28FN4O2P.C27H27FN4O2/c1-33(2,19-40-3)32-31(22-6-4-21(5-7-22)29(38)12-20-13-30(39)36-16-20)27-14-23-17-35-18-24(23)15-28(27)37(32)26-10-8-25(34)9-11-26;1-29(2,12-13-31)27-26(22-10-11-25(37(4,5)35)33-28(22)36-3)23-14-18-16-32-17-19(18)15-24(23)34(27)21-8-6-20(30)7-9-21;1-27(2,16-33-3)26-25(19-12-30-31(13-19)22-14-34-15-22)23-8-17-10-29-11-18(17)9-24(23)32(26)21-6-4-20(28)5-7-21/h4-11,14-15,18,20H,12-13,16-17,19H2,1-3H3,(H,36,39);6-11,14-15,17H,12,16H2,1-5H3;4-9,11-13,22H,10,14-16H2,1-3H3. The smallest absolute Gasteiger partial charge is 0.221 e. The minimum Gasteiger partial charge on any atom is -0.481 e. The number of aliphatic imine (C=N–C) groups is 3. The number of carbonyl (C=O) groups is 2. The maximum atomic E-state index is 14.0. The highest BCUT2D eigenvalue weighted by Crippen LogP contribution is 2.50. The van der Waals surface area contributed by atoms with Crippen molar-refractivity contribution in [1.29, 1.82) is 5.26 Å². The van der Waals surface area contributed by atoms with Gasteiger partial charge >= 0.3 is 0 Å². The summed E-state index contributed by atoms with van der Waals surface area (Å²) in [6.45, 7) is 20.9. The molecule has 1 unspecified atom stereocenters. The number of ether oxygens (including phenoxy) is 4. The summed E-state index contributed by atoms with van der Waals surface area (Å²) in [6.07, 6.45) is 10.8. The maximum absolute atomic E-state index is 14.0. The number of nitrogens with one attached hydrogen (secondary N) is 1. The van der Waals surface area contributed by atoms with Gasteiger partial charge in [0.15, 0.2) is 5.78 Å². The fourth-order valence-corrected chi connectivity index (χ4v) is 17.1. The number of halogens is 3. The van der Waals surface area contributed by atoms with Crippen molar-refractivity contribution in [1.82, 2.24) is 33.8 Å². The first kappa shape index (κ1) is 75.3. The first-order chi connectivity index (χ1) is 53.3. The van der Waals surface area contributed by atoms with Crippen molar-refractivity contribution in [2.24, 2.45) is 20.9 Å². The largest absolute Gasteiger partial charge is 0.481 e. The molecule has 1 amide bonds. The highest BCUT2D eigenvalue weighted by atomic mass is 31.2. The number of nitrogens with zero attached hydrogens (tertiary/aromatic N) is 10. The molecule has 1 N–H and O–H groups in total. The van der Waals surface area contributed by atoms with E-state index in [0.717, 1.165) is 128 Å². The van der Waals surface area contributed by atoms with Gasteiger partial charge in [-0.05, 0) is 180 Å². The first-order valence-corrected chi connectivity index (χ1v) is 39.8. The van der Waals surface area contributed by atoms with Crippen molar-refractivity contribution >= 4 is 75.6 Å². The summed E-state index contributed by atoms with van der Waals surface area (Å²) >= 11 is 0. The molecule has 5 aliphatic heterocycles. The van der Waals surface area contributed by atoms with Gasteiger partial charge in [0.25, 0.3) is 0 Å². The Hall–Kier alpha value is -11.1. The molecule has 0 aliphatic carbocycles. The Balaban J connectivity index is 0.000000132. The zero-order valence-corrected chi connectivity index (χ0v) is 65.0. The van der Waals surface area contributed by atoms with Crippen LogP contribution in [0.5, 0.6) is 5.88 Å². The van der Waals surface area contributed by atoms with E-state index in [1.165, 1.54) is 42.0 Å². The number of pyridine rings is 1. The van der Waals surface area contributed by atoms with Crippen molar-refractivity contribution in [3.63, 3.8) is 0 Å². The molecule has 0 saturated carbocycles. The molecule has 1 atom stereocenters. The summed E-state index contributed by atoms with van der Waals surface area (Å²) in [5.41, 5.74) is 20.9. The third-order valence-corrected chi connectivity index (χ3v) is 23.0. The Kier molecular flexibility index (Phi) is 20.3. The molecule has 566 valence electrons. The van der Waals surface area contributed by atoms with Crippen molar-refractivity contribution < 1.29 is 46.3 Å². The number of Topliss-reactive ketones (excluding diaryl/α,β-unsaturated/α-hetero) is 1. The average Bonchev–Trinajstić information content (AvgIpc) is 1.57. The third kappa shape index (κ3) is 14.4. The van der Waals surface area contributed by atoms with Crippen LogP contribution in [0.4, 0.5) is 13.2 Å². The lowest BCUT2D eigenvalue weighted by molar-refractivity contribution is -0.119. The van der Waals surface area contributed by atoms with Gasteiger partial charge < -0.3 is 42.5 Å². The van der Waals surface area contributed by atoms with Crippen LogP contribution in [0.1, 0.15) is 128 Å². The summed E-state index contributed by atoms with van der Waals surface area (Å²) in [5.74, 6) is -0.412.